The van der Waals surface area contributed by atoms with Gasteiger partial charge in [-0.05, 0) is 37.9 Å². The molecule has 1 aromatic carbocycles. The second-order valence-corrected chi connectivity index (χ2v) is 4.85. The summed E-state index contributed by atoms with van der Waals surface area (Å²) in [6.07, 6.45) is 1.82. The fourth-order valence-corrected chi connectivity index (χ4v) is 2.21. The normalized spacial score (nSPS) is 11.3. The maximum atomic E-state index is 6.19. The number of hydrogen-bond donors (Lipinski definition) is 1. The molecular weight excluding hydrogens is 246 g/mol. The number of benzene rings is 1. The predicted molar refractivity (Wildman–Crippen MR) is 77.0 cm³/mol. The minimum absolute atomic E-state index is 0.764. The molecule has 2 aromatic rings. The molecule has 2 rings (SSSR count). The number of halogens is 1. The quantitative estimate of drug-likeness (QED) is 0.899. The van der Waals surface area contributed by atoms with Crippen molar-refractivity contribution in [2.24, 2.45) is 0 Å². The Morgan fingerprint density at radius 1 is 1.33 bits per heavy atom. The number of nitrogens with zero attached hydrogens (tertiary/aromatic N) is 2. The van der Waals surface area contributed by atoms with Crippen LogP contribution in [0, 0.1) is 0 Å². The van der Waals surface area contributed by atoms with Gasteiger partial charge in [-0.15, -0.1) is 0 Å². The van der Waals surface area contributed by atoms with Gasteiger partial charge in [0.1, 0.15) is 0 Å². The van der Waals surface area contributed by atoms with Gasteiger partial charge in [-0.2, -0.15) is 0 Å². The number of nitrogens with one attached hydrogen (secondary N) is 1. The van der Waals surface area contributed by atoms with Gasteiger partial charge >= 0.3 is 0 Å². The Morgan fingerprint density at radius 2 is 2.17 bits per heavy atom. The second kappa shape index (κ2) is 6.14. The minimum Gasteiger partial charge on any atom is -0.318 e. The summed E-state index contributed by atoms with van der Waals surface area (Å²) in [5, 5.41) is 4.94. The molecule has 0 radical (unpaired) electrons. The molecule has 0 aliphatic carbocycles. The van der Waals surface area contributed by atoms with E-state index >= 15 is 0 Å². The van der Waals surface area contributed by atoms with Gasteiger partial charge in [0.25, 0.3) is 0 Å². The first-order chi connectivity index (χ1) is 8.72. The van der Waals surface area contributed by atoms with E-state index in [0.717, 1.165) is 35.6 Å². The Bertz CT molecular complexity index is 527. The van der Waals surface area contributed by atoms with E-state index in [-0.39, 0.29) is 0 Å². The number of likely N-dealkylation sites (N-methyl/N-ethyl adjacent to an activating group) is 2. The monoisotopic (exact) mass is 263 g/mol. The van der Waals surface area contributed by atoms with Gasteiger partial charge in [0, 0.05) is 36.2 Å². The maximum Gasteiger partial charge on any atom is 0.0761 e. The maximum absolute atomic E-state index is 6.19. The molecule has 0 spiro atoms. The van der Waals surface area contributed by atoms with Crippen molar-refractivity contribution in [3.8, 4) is 0 Å². The summed E-state index contributed by atoms with van der Waals surface area (Å²) >= 11 is 6.19. The SMILES string of the molecule is CNCCN(C)Cc1ccc(Cl)c2cccnc12. The zero-order valence-electron chi connectivity index (χ0n) is 10.8. The Morgan fingerprint density at radius 3 is 2.94 bits per heavy atom. The summed E-state index contributed by atoms with van der Waals surface area (Å²) in [6.45, 7) is 2.87. The van der Waals surface area contributed by atoms with Crippen LogP contribution in [-0.4, -0.2) is 37.1 Å². The van der Waals surface area contributed by atoms with E-state index in [0.29, 0.717) is 0 Å². The van der Waals surface area contributed by atoms with Crippen molar-refractivity contribution in [1.29, 1.82) is 0 Å². The lowest BCUT2D eigenvalue weighted by Gasteiger charge is -2.17. The van der Waals surface area contributed by atoms with E-state index in [1.54, 1.807) is 0 Å². The van der Waals surface area contributed by atoms with E-state index < -0.39 is 0 Å². The highest BCUT2D eigenvalue weighted by Gasteiger charge is 2.07. The Kier molecular flexibility index (Phi) is 4.53. The summed E-state index contributed by atoms with van der Waals surface area (Å²) in [6, 6.07) is 7.95. The molecule has 1 heterocycles. The van der Waals surface area contributed by atoms with Crippen LogP contribution in [0.5, 0.6) is 0 Å². The number of rotatable bonds is 5. The molecule has 4 heteroatoms. The minimum atomic E-state index is 0.764. The molecule has 3 nitrogen and oxygen atoms in total. The lowest BCUT2D eigenvalue weighted by molar-refractivity contribution is 0.329. The first-order valence-corrected chi connectivity index (χ1v) is 6.45. The van der Waals surface area contributed by atoms with Crippen LogP contribution >= 0.6 is 11.6 Å². The molecule has 1 N–H and O–H groups in total. The van der Waals surface area contributed by atoms with E-state index in [1.807, 2.05) is 31.4 Å². The first kappa shape index (κ1) is 13.3. The predicted octanol–water partition coefficient (Wildman–Crippen LogP) is 2.54. The second-order valence-electron chi connectivity index (χ2n) is 4.45. The largest absolute Gasteiger partial charge is 0.318 e. The number of fused-ring (bicyclic) bond motifs is 1. The summed E-state index contributed by atoms with van der Waals surface area (Å²) in [4.78, 5) is 6.72. The highest BCUT2D eigenvalue weighted by molar-refractivity contribution is 6.35. The third kappa shape index (κ3) is 2.99. The summed E-state index contributed by atoms with van der Waals surface area (Å²) in [5.41, 5.74) is 2.22. The zero-order valence-corrected chi connectivity index (χ0v) is 11.5. The topological polar surface area (TPSA) is 28.2 Å². The van der Waals surface area contributed by atoms with Crippen LogP contribution in [-0.2, 0) is 6.54 Å². The molecule has 0 unspecified atom stereocenters. The van der Waals surface area contributed by atoms with Crippen molar-refractivity contribution in [1.82, 2.24) is 15.2 Å². The molecule has 0 aliphatic rings. The lowest BCUT2D eigenvalue weighted by Crippen LogP contribution is -2.27. The average molecular weight is 264 g/mol. The lowest BCUT2D eigenvalue weighted by atomic mass is 10.1. The van der Waals surface area contributed by atoms with Crippen LogP contribution in [0.4, 0.5) is 0 Å². The van der Waals surface area contributed by atoms with Crippen LogP contribution in [0.2, 0.25) is 5.02 Å². The standard InChI is InChI=1S/C14H18ClN3/c1-16-8-9-18(2)10-11-5-6-13(15)12-4-3-7-17-14(11)12/h3-7,16H,8-10H2,1-2H3. The molecule has 0 amide bonds. The molecule has 0 saturated heterocycles. The van der Waals surface area contributed by atoms with E-state index in [1.165, 1.54) is 5.56 Å². The zero-order chi connectivity index (χ0) is 13.0. The van der Waals surface area contributed by atoms with Crippen LogP contribution in [0.25, 0.3) is 10.9 Å². The molecule has 1 aromatic heterocycles. The van der Waals surface area contributed by atoms with Crippen molar-refractivity contribution in [3.05, 3.63) is 41.0 Å². The Balaban J connectivity index is 2.26. The molecule has 0 atom stereocenters. The van der Waals surface area contributed by atoms with Crippen LogP contribution in [0.1, 0.15) is 5.56 Å². The van der Waals surface area contributed by atoms with Crippen molar-refractivity contribution < 1.29 is 0 Å². The third-order valence-corrected chi connectivity index (χ3v) is 3.31. The summed E-state index contributed by atoms with van der Waals surface area (Å²) in [7, 11) is 4.08. The molecule has 0 aliphatic heterocycles. The van der Waals surface area contributed by atoms with E-state index in [4.69, 9.17) is 11.6 Å². The molecule has 96 valence electrons. The molecule has 0 bridgehead atoms. The van der Waals surface area contributed by atoms with E-state index in [9.17, 15) is 0 Å². The van der Waals surface area contributed by atoms with Gasteiger partial charge in [0.15, 0.2) is 0 Å². The van der Waals surface area contributed by atoms with Crippen molar-refractivity contribution in [3.63, 3.8) is 0 Å². The van der Waals surface area contributed by atoms with Crippen LogP contribution in [0.3, 0.4) is 0 Å². The van der Waals surface area contributed by atoms with Gasteiger partial charge in [-0.25, -0.2) is 0 Å². The number of aromatic nitrogens is 1. The number of hydrogen-bond acceptors (Lipinski definition) is 3. The third-order valence-electron chi connectivity index (χ3n) is 2.98. The molecule has 0 saturated carbocycles. The summed E-state index contributed by atoms with van der Waals surface area (Å²) in [5.74, 6) is 0. The van der Waals surface area contributed by atoms with E-state index in [2.05, 4.69) is 28.3 Å². The highest BCUT2D eigenvalue weighted by atomic mass is 35.5. The smallest absolute Gasteiger partial charge is 0.0761 e. The van der Waals surface area contributed by atoms with Crippen molar-refractivity contribution in [2.45, 2.75) is 6.54 Å². The van der Waals surface area contributed by atoms with Crippen LogP contribution < -0.4 is 5.32 Å². The van der Waals surface area contributed by atoms with Gasteiger partial charge in [0.05, 0.1) is 5.52 Å². The molecular formula is C14H18ClN3. The van der Waals surface area contributed by atoms with Crippen LogP contribution in [0.15, 0.2) is 30.5 Å². The Hall–Kier alpha value is -1.16. The van der Waals surface area contributed by atoms with Gasteiger partial charge in [0.2, 0.25) is 0 Å². The van der Waals surface area contributed by atoms with Gasteiger partial charge in [-0.1, -0.05) is 17.7 Å². The van der Waals surface area contributed by atoms with Crippen molar-refractivity contribution in [2.75, 3.05) is 27.2 Å². The van der Waals surface area contributed by atoms with Gasteiger partial charge < -0.3 is 10.2 Å². The first-order valence-electron chi connectivity index (χ1n) is 6.07. The van der Waals surface area contributed by atoms with Crippen molar-refractivity contribution >= 4 is 22.5 Å². The molecule has 18 heavy (non-hydrogen) atoms. The fraction of sp³-hybridized carbons (Fsp3) is 0.357. The average Bonchev–Trinajstić information content (AvgIpc) is 2.40. The summed E-state index contributed by atoms with van der Waals surface area (Å²) < 4.78 is 0. The number of pyridine rings is 1. The highest BCUT2D eigenvalue weighted by Crippen LogP contribution is 2.25. The van der Waals surface area contributed by atoms with Gasteiger partial charge in [-0.3, -0.25) is 4.98 Å². The Labute approximate surface area is 113 Å². The fourth-order valence-electron chi connectivity index (χ4n) is 2.00. The molecule has 0 fully saturated rings.